The Morgan fingerprint density at radius 2 is 2.00 bits per heavy atom. The van der Waals surface area contributed by atoms with Crippen molar-refractivity contribution in [3.63, 3.8) is 0 Å². The molecule has 1 aromatic rings. The third-order valence-corrected chi connectivity index (χ3v) is 3.34. The van der Waals surface area contributed by atoms with E-state index in [1.165, 1.54) is 0 Å². The van der Waals surface area contributed by atoms with Gasteiger partial charge in [-0.05, 0) is 17.9 Å². The van der Waals surface area contributed by atoms with E-state index in [0.29, 0.717) is 12.3 Å². The Bertz CT molecular complexity index is 444. The molecule has 1 aliphatic rings. The maximum Gasteiger partial charge on any atom is 0.326 e. The van der Waals surface area contributed by atoms with Crippen molar-refractivity contribution in [2.45, 2.75) is 25.8 Å². The van der Waals surface area contributed by atoms with E-state index in [-0.39, 0.29) is 11.8 Å². The molecule has 0 spiro atoms. The first-order valence-corrected chi connectivity index (χ1v) is 6.15. The minimum absolute atomic E-state index is 0.00243. The van der Waals surface area contributed by atoms with Gasteiger partial charge in [0, 0.05) is 12.3 Å². The number of carboxylic acid groups (broad SMARTS) is 1. The molecule has 0 aromatic heterocycles. The van der Waals surface area contributed by atoms with Crippen LogP contribution in [0.2, 0.25) is 0 Å². The Morgan fingerprint density at radius 3 is 2.50 bits per heavy atom. The molecule has 0 radical (unpaired) electrons. The highest BCUT2D eigenvalue weighted by atomic mass is 16.4. The summed E-state index contributed by atoms with van der Waals surface area (Å²) >= 11 is 0. The highest BCUT2D eigenvalue weighted by molar-refractivity contribution is 5.86. The van der Waals surface area contributed by atoms with Crippen molar-refractivity contribution in [3.8, 4) is 0 Å². The van der Waals surface area contributed by atoms with Crippen LogP contribution < -0.4 is 5.32 Å². The van der Waals surface area contributed by atoms with Gasteiger partial charge in [0.1, 0.15) is 6.04 Å². The monoisotopic (exact) mass is 247 g/mol. The lowest BCUT2D eigenvalue weighted by molar-refractivity contribution is -0.142. The zero-order valence-electron chi connectivity index (χ0n) is 10.3. The maximum atomic E-state index is 11.7. The molecule has 96 valence electrons. The highest BCUT2D eigenvalue weighted by Crippen LogP contribution is 2.37. The molecule has 0 heterocycles. The number of aliphatic carboxylic acids is 1. The molecule has 1 saturated carbocycles. The molecule has 3 atom stereocenters. The molecular weight excluding hydrogens is 230 g/mol. The van der Waals surface area contributed by atoms with Crippen molar-refractivity contribution in [3.05, 3.63) is 35.9 Å². The fourth-order valence-corrected chi connectivity index (χ4v) is 2.02. The molecule has 1 aromatic carbocycles. The van der Waals surface area contributed by atoms with Crippen molar-refractivity contribution in [1.82, 2.24) is 5.32 Å². The summed E-state index contributed by atoms with van der Waals surface area (Å²) in [5.41, 5.74) is 0.911. The number of carbonyl (C=O) groups excluding carboxylic acids is 1. The number of nitrogens with one attached hydrogen (secondary N) is 1. The van der Waals surface area contributed by atoms with E-state index in [1.54, 1.807) is 0 Å². The van der Waals surface area contributed by atoms with Crippen LogP contribution in [0.3, 0.4) is 0 Å². The van der Waals surface area contributed by atoms with Gasteiger partial charge in [-0.1, -0.05) is 37.3 Å². The molecule has 1 amide bonds. The summed E-state index contributed by atoms with van der Waals surface area (Å²) < 4.78 is 0. The number of amides is 1. The largest absolute Gasteiger partial charge is 0.480 e. The van der Waals surface area contributed by atoms with Crippen LogP contribution >= 0.6 is 0 Å². The second kappa shape index (κ2) is 5.21. The quantitative estimate of drug-likeness (QED) is 0.827. The van der Waals surface area contributed by atoms with E-state index in [9.17, 15) is 9.59 Å². The summed E-state index contributed by atoms with van der Waals surface area (Å²) in [6, 6.07) is 8.48. The second-order valence-electron chi connectivity index (χ2n) is 4.91. The zero-order chi connectivity index (χ0) is 13.1. The Hall–Kier alpha value is -1.84. The van der Waals surface area contributed by atoms with Gasteiger partial charge in [0.25, 0.3) is 0 Å². The summed E-state index contributed by atoms with van der Waals surface area (Å²) in [7, 11) is 0. The van der Waals surface area contributed by atoms with Gasteiger partial charge >= 0.3 is 5.97 Å². The summed E-state index contributed by atoms with van der Waals surface area (Å²) in [4.78, 5) is 22.9. The van der Waals surface area contributed by atoms with Crippen molar-refractivity contribution in [2.75, 3.05) is 0 Å². The standard InChI is InChI=1S/C14H17NO3/c1-9-7-11(9)13(16)15-12(14(17)18)8-10-5-3-2-4-6-10/h2-6,9,11-12H,7-8H2,1H3,(H,15,16)(H,17,18). The second-order valence-corrected chi connectivity index (χ2v) is 4.91. The third kappa shape index (κ3) is 3.09. The van der Waals surface area contributed by atoms with Gasteiger partial charge in [-0.15, -0.1) is 0 Å². The fraction of sp³-hybridized carbons (Fsp3) is 0.429. The van der Waals surface area contributed by atoms with Gasteiger partial charge in [0.15, 0.2) is 0 Å². The molecule has 2 rings (SSSR count). The highest BCUT2D eigenvalue weighted by Gasteiger charge is 2.40. The number of rotatable bonds is 5. The van der Waals surface area contributed by atoms with Crippen molar-refractivity contribution < 1.29 is 14.7 Å². The van der Waals surface area contributed by atoms with Crippen LogP contribution in [0.1, 0.15) is 18.9 Å². The normalized spacial score (nSPS) is 23.2. The SMILES string of the molecule is CC1CC1C(=O)NC(Cc1ccccc1)C(=O)O. The maximum absolute atomic E-state index is 11.7. The van der Waals surface area contributed by atoms with E-state index < -0.39 is 12.0 Å². The van der Waals surface area contributed by atoms with Crippen LogP contribution in [0.15, 0.2) is 30.3 Å². The lowest BCUT2D eigenvalue weighted by Gasteiger charge is -2.14. The van der Waals surface area contributed by atoms with E-state index in [4.69, 9.17) is 5.11 Å². The Labute approximate surface area is 106 Å². The molecule has 1 fully saturated rings. The molecule has 1 aliphatic carbocycles. The van der Waals surface area contributed by atoms with E-state index in [1.807, 2.05) is 37.3 Å². The fourth-order valence-electron chi connectivity index (χ4n) is 2.02. The molecular formula is C14H17NO3. The van der Waals surface area contributed by atoms with Crippen LogP contribution in [0.25, 0.3) is 0 Å². The summed E-state index contributed by atoms with van der Waals surface area (Å²) in [5, 5.41) is 11.8. The molecule has 18 heavy (non-hydrogen) atoms. The van der Waals surface area contributed by atoms with Crippen molar-refractivity contribution in [1.29, 1.82) is 0 Å². The van der Waals surface area contributed by atoms with E-state index >= 15 is 0 Å². The lowest BCUT2D eigenvalue weighted by atomic mass is 10.1. The first-order chi connectivity index (χ1) is 8.58. The number of carboxylic acids is 1. The number of carbonyl (C=O) groups is 2. The van der Waals surface area contributed by atoms with Crippen LogP contribution in [-0.2, 0) is 16.0 Å². The van der Waals surface area contributed by atoms with Gasteiger partial charge < -0.3 is 10.4 Å². The topological polar surface area (TPSA) is 66.4 Å². The van der Waals surface area contributed by atoms with E-state index in [2.05, 4.69) is 5.32 Å². The number of benzene rings is 1. The predicted octanol–water partition coefficient (Wildman–Crippen LogP) is 1.45. The summed E-state index contributed by atoms with van der Waals surface area (Å²) in [5.74, 6) is -0.731. The minimum atomic E-state index is -0.986. The minimum Gasteiger partial charge on any atom is -0.480 e. The van der Waals surface area contributed by atoms with E-state index in [0.717, 1.165) is 12.0 Å². The zero-order valence-corrected chi connectivity index (χ0v) is 10.3. The average Bonchev–Trinajstić information content (AvgIpc) is 3.07. The molecule has 3 unspecified atom stereocenters. The smallest absolute Gasteiger partial charge is 0.326 e. The molecule has 4 heteroatoms. The third-order valence-electron chi connectivity index (χ3n) is 3.34. The lowest BCUT2D eigenvalue weighted by Crippen LogP contribution is -2.43. The molecule has 0 aliphatic heterocycles. The van der Waals surface area contributed by atoms with Crippen LogP contribution in [-0.4, -0.2) is 23.0 Å². The van der Waals surface area contributed by atoms with Gasteiger partial charge in [0.2, 0.25) is 5.91 Å². The van der Waals surface area contributed by atoms with Crippen molar-refractivity contribution >= 4 is 11.9 Å². The van der Waals surface area contributed by atoms with Crippen molar-refractivity contribution in [2.24, 2.45) is 11.8 Å². The molecule has 4 nitrogen and oxygen atoms in total. The predicted molar refractivity (Wildman–Crippen MR) is 67.0 cm³/mol. The Balaban J connectivity index is 1.96. The molecule has 2 N–H and O–H groups in total. The first kappa shape index (κ1) is 12.6. The van der Waals surface area contributed by atoms with Crippen LogP contribution in [0, 0.1) is 11.8 Å². The van der Waals surface area contributed by atoms with Crippen LogP contribution in [0.4, 0.5) is 0 Å². The van der Waals surface area contributed by atoms with Gasteiger partial charge in [-0.25, -0.2) is 4.79 Å². The van der Waals surface area contributed by atoms with Crippen LogP contribution in [0.5, 0.6) is 0 Å². The first-order valence-electron chi connectivity index (χ1n) is 6.15. The number of hydrogen-bond acceptors (Lipinski definition) is 2. The number of hydrogen-bond donors (Lipinski definition) is 2. The van der Waals surface area contributed by atoms with Gasteiger partial charge in [-0.2, -0.15) is 0 Å². The summed E-state index contributed by atoms with van der Waals surface area (Å²) in [6.45, 7) is 2.00. The Kier molecular flexibility index (Phi) is 3.65. The van der Waals surface area contributed by atoms with Gasteiger partial charge in [0.05, 0.1) is 0 Å². The molecule has 0 saturated heterocycles. The Morgan fingerprint density at radius 1 is 1.39 bits per heavy atom. The van der Waals surface area contributed by atoms with Gasteiger partial charge in [-0.3, -0.25) is 4.79 Å². The average molecular weight is 247 g/mol. The summed E-state index contributed by atoms with van der Waals surface area (Å²) in [6.07, 6.45) is 1.19. The molecule has 0 bridgehead atoms.